The molecule has 1 heterocycles. The van der Waals surface area contributed by atoms with Crippen molar-refractivity contribution in [2.24, 2.45) is 0 Å². The molecule has 168 valence electrons. The van der Waals surface area contributed by atoms with Gasteiger partial charge in [-0.2, -0.15) is 13.2 Å². The molecule has 3 aromatic rings. The van der Waals surface area contributed by atoms with Crippen molar-refractivity contribution in [1.82, 2.24) is 0 Å². The van der Waals surface area contributed by atoms with Gasteiger partial charge in [0.05, 0.1) is 17.2 Å². The molecule has 1 saturated heterocycles. The van der Waals surface area contributed by atoms with Gasteiger partial charge in [0.25, 0.3) is 11.7 Å². The molecule has 1 amide bonds. The number of carbonyl (C=O) groups excluding carboxylic acids is 2. The number of amides is 1. The number of rotatable bonds is 3. The predicted molar refractivity (Wildman–Crippen MR) is 114 cm³/mol. The molecule has 3 aromatic carbocycles. The summed E-state index contributed by atoms with van der Waals surface area (Å²) in [5.74, 6) is -3.38. The zero-order valence-corrected chi connectivity index (χ0v) is 17.2. The van der Waals surface area contributed by atoms with Crippen LogP contribution in [0.5, 0.6) is 0 Å². The fourth-order valence-electron chi connectivity index (χ4n) is 3.79. The number of anilines is 1. The van der Waals surface area contributed by atoms with E-state index in [-0.39, 0.29) is 22.4 Å². The molecule has 4 nitrogen and oxygen atoms in total. The molecule has 8 heteroatoms. The SMILES string of the molecule is Cc1ccc(/C(O)=C2\C(=O)C(=O)N(c3cccc(C(F)(F)F)c3)C2c2cccc(F)c2)cc1. The van der Waals surface area contributed by atoms with Crippen LogP contribution < -0.4 is 4.90 Å². The molecular weight excluding hydrogens is 438 g/mol. The van der Waals surface area contributed by atoms with Gasteiger partial charge in [0.1, 0.15) is 11.6 Å². The lowest BCUT2D eigenvalue weighted by Crippen LogP contribution is -2.29. The van der Waals surface area contributed by atoms with Crippen LogP contribution in [-0.4, -0.2) is 16.8 Å². The fraction of sp³-hybridized carbons (Fsp3) is 0.120. The van der Waals surface area contributed by atoms with Gasteiger partial charge in [-0.25, -0.2) is 4.39 Å². The molecule has 0 saturated carbocycles. The van der Waals surface area contributed by atoms with Crippen molar-refractivity contribution in [2.45, 2.75) is 19.1 Å². The zero-order chi connectivity index (χ0) is 23.9. The molecule has 0 spiro atoms. The van der Waals surface area contributed by atoms with Gasteiger partial charge in [-0.05, 0) is 42.8 Å². The van der Waals surface area contributed by atoms with Crippen LogP contribution in [0.25, 0.3) is 5.76 Å². The summed E-state index contributed by atoms with van der Waals surface area (Å²) in [6, 6.07) is 14.1. The molecular formula is C25H17F4NO3. The molecule has 0 bridgehead atoms. The molecule has 0 aliphatic carbocycles. The number of alkyl halides is 3. The first-order chi connectivity index (χ1) is 15.6. The van der Waals surface area contributed by atoms with Crippen molar-refractivity contribution < 1.29 is 32.3 Å². The normalized spacial score (nSPS) is 18.1. The van der Waals surface area contributed by atoms with E-state index in [2.05, 4.69) is 0 Å². The second kappa shape index (κ2) is 8.20. The summed E-state index contributed by atoms with van der Waals surface area (Å²) >= 11 is 0. The highest BCUT2D eigenvalue weighted by Crippen LogP contribution is 2.43. The number of aryl methyl sites for hydroxylation is 1. The highest BCUT2D eigenvalue weighted by molar-refractivity contribution is 6.51. The van der Waals surface area contributed by atoms with Gasteiger partial charge in [-0.1, -0.05) is 48.0 Å². The van der Waals surface area contributed by atoms with Crippen molar-refractivity contribution in [3.8, 4) is 0 Å². The van der Waals surface area contributed by atoms with Crippen molar-refractivity contribution >= 4 is 23.1 Å². The average Bonchev–Trinajstić information content (AvgIpc) is 3.04. The van der Waals surface area contributed by atoms with Crippen LogP contribution in [0.3, 0.4) is 0 Å². The minimum Gasteiger partial charge on any atom is -0.507 e. The Labute approximate surface area is 186 Å². The number of hydrogen-bond donors (Lipinski definition) is 1. The Bertz CT molecular complexity index is 1280. The monoisotopic (exact) mass is 455 g/mol. The number of aliphatic hydroxyl groups is 1. The summed E-state index contributed by atoms with van der Waals surface area (Å²) in [5, 5.41) is 11.0. The summed E-state index contributed by atoms with van der Waals surface area (Å²) in [5.41, 5.74) is -0.309. The average molecular weight is 455 g/mol. The number of ketones is 1. The van der Waals surface area contributed by atoms with E-state index in [1.54, 1.807) is 24.3 Å². The Balaban J connectivity index is 1.95. The molecule has 1 aliphatic heterocycles. The van der Waals surface area contributed by atoms with Crippen LogP contribution in [0.2, 0.25) is 0 Å². The summed E-state index contributed by atoms with van der Waals surface area (Å²) in [7, 11) is 0. The van der Waals surface area contributed by atoms with Crippen LogP contribution >= 0.6 is 0 Å². The van der Waals surface area contributed by atoms with E-state index < -0.39 is 41.0 Å². The van der Waals surface area contributed by atoms with E-state index in [9.17, 15) is 32.3 Å². The first kappa shape index (κ1) is 22.3. The van der Waals surface area contributed by atoms with E-state index in [0.717, 1.165) is 40.8 Å². The van der Waals surface area contributed by atoms with Gasteiger partial charge in [-0.15, -0.1) is 0 Å². The standard InChI is InChI=1S/C25H17F4NO3/c1-14-8-10-15(11-9-14)22(31)20-21(16-4-2-6-18(26)12-16)30(24(33)23(20)32)19-7-3-5-17(13-19)25(27,28)29/h2-13,21,31H,1H3/b22-20+. The Kier molecular flexibility index (Phi) is 5.53. The Morgan fingerprint density at radius 1 is 0.939 bits per heavy atom. The molecule has 33 heavy (non-hydrogen) atoms. The number of carbonyl (C=O) groups is 2. The van der Waals surface area contributed by atoms with Gasteiger partial charge in [-0.3, -0.25) is 14.5 Å². The Hall–Kier alpha value is -3.94. The second-order valence-corrected chi connectivity index (χ2v) is 7.64. The van der Waals surface area contributed by atoms with Gasteiger partial charge in [0.2, 0.25) is 0 Å². The molecule has 1 N–H and O–H groups in total. The number of benzene rings is 3. The maximum Gasteiger partial charge on any atom is 0.416 e. The van der Waals surface area contributed by atoms with Crippen LogP contribution in [0.15, 0.2) is 78.4 Å². The maximum atomic E-state index is 14.0. The fourth-order valence-corrected chi connectivity index (χ4v) is 3.79. The number of Topliss-reactive ketones (excluding diaryl/α,β-unsaturated/α-hetero) is 1. The highest BCUT2D eigenvalue weighted by atomic mass is 19.4. The van der Waals surface area contributed by atoms with Crippen molar-refractivity contribution in [3.05, 3.63) is 106 Å². The predicted octanol–water partition coefficient (Wildman–Crippen LogP) is 5.78. The smallest absolute Gasteiger partial charge is 0.416 e. The molecule has 0 aromatic heterocycles. The van der Waals surface area contributed by atoms with Crippen LogP contribution in [-0.2, 0) is 15.8 Å². The zero-order valence-electron chi connectivity index (χ0n) is 17.2. The second-order valence-electron chi connectivity index (χ2n) is 7.64. The van der Waals surface area contributed by atoms with Gasteiger partial charge >= 0.3 is 6.18 Å². The number of hydrogen-bond acceptors (Lipinski definition) is 3. The first-order valence-electron chi connectivity index (χ1n) is 9.88. The van der Waals surface area contributed by atoms with E-state index in [1.165, 1.54) is 18.2 Å². The van der Waals surface area contributed by atoms with Gasteiger partial charge in [0, 0.05) is 11.3 Å². The van der Waals surface area contributed by atoms with Crippen LogP contribution in [0.1, 0.15) is 28.3 Å². The highest BCUT2D eigenvalue weighted by Gasteiger charge is 2.47. The lowest BCUT2D eigenvalue weighted by atomic mass is 9.94. The Morgan fingerprint density at radius 2 is 1.61 bits per heavy atom. The minimum absolute atomic E-state index is 0.125. The Morgan fingerprint density at radius 3 is 2.24 bits per heavy atom. The van der Waals surface area contributed by atoms with Crippen LogP contribution in [0.4, 0.5) is 23.2 Å². The van der Waals surface area contributed by atoms with Crippen LogP contribution in [0, 0.1) is 12.7 Å². The number of halogens is 4. The molecule has 0 radical (unpaired) electrons. The van der Waals surface area contributed by atoms with E-state index in [4.69, 9.17) is 0 Å². The van der Waals surface area contributed by atoms with E-state index >= 15 is 0 Å². The molecule has 1 atom stereocenters. The van der Waals surface area contributed by atoms with Crippen molar-refractivity contribution in [2.75, 3.05) is 4.90 Å². The third-order valence-electron chi connectivity index (χ3n) is 5.39. The van der Waals surface area contributed by atoms with Crippen molar-refractivity contribution in [1.29, 1.82) is 0 Å². The lowest BCUT2D eigenvalue weighted by molar-refractivity contribution is -0.137. The third kappa shape index (κ3) is 4.11. The third-order valence-corrected chi connectivity index (χ3v) is 5.39. The van der Waals surface area contributed by atoms with E-state index in [1.807, 2.05) is 6.92 Å². The molecule has 1 aliphatic rings. The molecule has 1 unspecified atom stereocenters. The molecule has 4 rings (SSSR count). The summed E-state index contributed by atoms with van der Waals surface area (Å²) < 4.78 is 53.9. The van der Waals surface area contributed by atoms with E-state index in [0.29, 0.717) is 0 Å². The largest absolute Gasteiger partial charge is 0.507 e. The first-order valence-corrected chi connectivity index (χ1v) is 9.88. The minimum atomic E-state index is -4.68. The summed E-state index contributed by atoms with van der Waals surface area (Å²) in [4.78, 5) is 26.8. The summed E-state index contributed by atoms with van der Waals surface area (Å²) in [6.07, 6.45) is -4.68. The lowest BCUT2D eigenvalue weighted by Gasteiger charge is -2.26. The maximum absolute atomic E-state index is 14.0. The number of nitrogens with zero attached hydrogens (tertiary/aromatic N) is 1. The van der Waals surface area contributed by atoms with Gasteiger partial charge < -0.3 is 5.11 Å². The number of aliphatic hydroxyl groups excluding tert-OH is 1. The quantitative estimate of drug-likeness (QED) is 0.236. The van der Waals surface area contributed by atoms with Crippen molar-refractivity contribution in [3.63, 3.8) is 0 Å². The molecule has 1 fully saturated rings. The summed E-state index contributed by atoms with van der Waals surface area (Å²) in [6.45, 7) is 1.82. The topological polar surface area (TPSA) is 57.6 Å². The van der Waals surface area contributed by atoms with Gasteiger partial charge in [0.15, 0.2) is 0 Å².